The van der Waals surface area contributed by atoms with Crippen LogP contribution in [0.2, 0.25) is 0 Å². The monoisotopic (exact) mass is 465 g/mol. The molecule has 2 aromatic carbocycles. The van der Waals surface area contributed by atoms with Crippen molar-refractivity contribution >= 4 is 29.4 Å². The van der Waals surface area contributed by atoms with Crippen molar-refractivity contribution < 1.29 is 19.4 Å². The Morgan fingerprint density at radius 1 is 1.03 bits per heavy atom. The second-order valence-corrected chi connectivity index (χ2v) is 8.50. The Labute approximate surface area is 195 Å². The third-order valence-electron chi connectivity index (χ3n) is 5.59. The Morgan fingerprint density at radius 2 is 1.82 bits per heavy atom. The number of aliphatic hydroxyl groups excluding tert-OH is 1. The fraction of sp³-hybridized carbons (Fsp3) is 0.261. The van der Waals surface area contributed by atoms with Crippen molar-refractivity contribution in [3.05, 3.63) is 66.6 Å². The summed E-state index contributed by atoms with van der Waals surface area (Å²) >= 11 is 1.49. The van der Waals surface area contributed by atoms with E-state index < -0.39 is 6.10 Å². The van der Waals surface area contributed by atoms with Gasteiger partial charge < -0.3 is 29.1 Å². The zero-order chi connectivity index (χ0) is 22.6. The van der Waals surface area contributed by atoms with E-state index >= 15 is 0 Å². The van der Waals surface area contributed by atoms with E-state index in [0.717, 1.165) is 16.4 Å². The molecule has 10 heteroatoms. The van der Waals surface area contributed by atoms with Crippen LogP contribution in [0.5, 0.6) is 11.5 Å². The number of carbonyl (C=O) groups is 1. The van der Waals surface area contributed by atoms with Crippen molar-refractivity contribution in [1.29, 1.82) is 0 Å². The van der Waals surface area contributed by atoms with Gasteiger partial charge in [0.2, 0.25) is 6.79 Å². The molecule has 1 saturated heterocycles. The molecular weight excluding hydrogens is 442 g/mol. The molecular formula is C23H23N5O4S. The number of rotatable bonds is 6. The minimum atomic E-state index is -1.22. The molecule has 0 saturated carbocycles. The fourth-order valence-corrected chi connectivity index (χ4v) is 4.39. The van der Waals surface area contributed by atoms with E-state index in [1.807, 2.05) is 6.07 Å². The van der Waals surface area contributed by atoms with Gasteiger partial charge in [-0.05, 0) is 60.0 Å². The van der Waals surface area contributed by atoms with Gasteiger partial charge in [0.05, 0.1) is 0 Å². The van der Waals surface area contributed by atoms with E-state index in [2.05, 4.69) is 43.9 Å². The predicted molar refractivity (Wildman–Crippen MR) is 124 cm³/mol. The van der Waals surface area contributed by atoms with Crippen LogP contribution in [-0.4, -0.2) is 58.9 Å². The zero-order valence-electron chi connectivity index (χ0n) is 17.8. The normalized spacial score (nSPS) is 15.9. The number of hydrogen-bond donors (Lipinski definition) is 2. The van der Waals surface area contributed by atoms with Crippen molar-refractivity contribution in [3.63, 3.8) is 0 Å². The Hall–Kier alpha value is -3.50. The van der Waals surface area contributed by atoms with Gasteiger partial charge in [0.25, 0.3) is 5.91 Å². The van der Waals surface area contributed by atoms with Crippen LogP contribution in [0, 0.1) is 0 Å². The van der Waals surface area contributed by atoms with Crippen LogP contribution in [0.25, 0.3) is 0 Å². The molecule has 5 rings (SSSR count). The maximum absolute atomic E-state index is 12.8. The van der Waals surface area contributed by atoms with Crippen LogP contribution < -0.4 is 19.1 Å². The van der Waals surface area contributed by atoms with E-state index in [4.69, 9.17) is 9.47 Å². The molecule has 2 aliphatic heterocycles. The van der Waals surface area contributed by atoms with Gasteiger partial charge in [-0.25, -0.2) is 9.97 Å². The highest BCUT2D eigenvalue weighted by Gasteiger charge is 2.28. The van der Waals surface area contributed by atoms with Gasteiger partial charge in [-0.3, -0.25) is 4.79 Å². The average molecular weight is 466 g/mol. The molecule has 1 atom stereocenters. The molecule has 1 fully saturated rings. The minimum Gasteiger partial charge on any atom is -0.454 e. The summed E-state index contributed by atoms with van der Waals surface area (Å²) < 4.78 is 13.8. The Kier molecular flexibility index (Phi) is 6.18. The number of hydrogen-bond acceptors (Lipinski definition) is 9. The first-order valence-corrected chi connectivity index (χ1v) is 11.4. The van der Waals surface area contributed by atoms with Crippen LogP contribution in [0.3, 0.4) is 0 Å². The number of amides is 1. The lowest BCUT2D eigenvalue weighted by molar-refractivity contribution is -0.140. The molecule has 1 amide bonds. The maximum Gasteiger partial charge on any atom is 0.256 e. The first-order valence-electron chi connectivity index (χ1n) is 10.6. The van der Waals surface area contributed by atoms with Gasteiger partial charge in [0.15, 0.2) is 17.6 Å². The average Bonchev–Trinajstić information content (AvgIpc) is 3.36. The number of ether oxygens (including phenoxy) is 2. The molecule has 2 aliphatic rings. The van der Waals surface area contributed by atoms with Gasteiger partial charge in [-0.2, -0.15) is 0 Å². The largest absolute Gasteiger partial charge is 0.454 e. The molecule has 0 bridgehead atoms. The predicted octanol–water partition coefficient (Wildman–Crippen LogP) is 2.71. The number of anilines is 2. The first-order chi connectivity index (χ1) is 16.2. The highest BCUT2D eigenvalue weighted by molar-refractivity contribution is 8.00. The number of fused-ring (bicyclic) bond motifs is 1. The lowest BCUT2D eigenvalue weighted by atomic mass is 10.1. The fourth-order valence-electron chi connectivity index (χ4n) is 3.77. The zero-order valence-corrected chi connectivity index (χ0v) is 18.6. The van der Waals surface area contributed by atoms with Gasteiger partial charge in [-0.1, -0.05) is 6.07 Å². The number of aromatic nitrogens is 2. The second kappa shape index (κ2) is 9.55. The van der Waals surface area contributed by atoms with E-state index in [1.165, 1.54) is 18.3 Å². The summed E-state index contributed by atoms with van der Waals surface area (Å²) in [5, 5.41) is 10.6. The second-order valence-electron chi connectivity index (χ2n) is 7.62. The molecule has 33 heavy (non-hydrogen) atoms. The summed E-state index contributed by atoms with van der Waals surface area (Å²) in [5.41, 5.74) is 1.61. The lowest BCUT2D eigenvalue weighted by Gasteiger charge is -2.37. The number of piperazine rings is 1. The van der Waals surface area contributed by atoms with Crippen molar-refractivity contribution in [2.75, 3.05) is 42.6 Å². The molecule has 0 radical (unpaired) electrons. The Morgan fingerprint density at radius 3 is 2.58 bits per heavy atom. The van der Waals surface area contributed by atoms with E-state index in [9.17, 15) is 9.90 Å². The lowest BCUT2D eigenvalue weighted by Crippen LogP contribution is -2.50. The molecule has 3 heterocycles. The molecule has 1 unspecified atom stereocenters. The van der Waals surface area contributed by atoms with E-state index in [-0.39, 0.29) is 12.7 Å². The van der Waals surface area contributed by atoms with Crippen molar-refractivity contribution in [2.45, 2.75) is 11.0 Å². The van der Waals surface area contributed by atoms with Crippen molar-refractivity contribution in [2.24, 2.45) is 0 Å². The topological polar surface area (TPSA) is 100 Å². The standard InChI is InChI=1S/C23H23N5O4S/c29-22(16-1-6-19-20(13-16)32-15-31-19)23(30)28-11-9-27(10-12-28)17-2-4-18(5-3-17)33-26-21-7-8-24-14-25-21/h1-8,13-14,22,29H,9-12,15H2,(H,24,25,26). The van der Waals surface area contributed by atoms with E-state index in [0.29, 0.717) is 43.2 Å². The molecule has 2 N–H and O–H groups in total. The number of carbonyl (C=O) groups excluding carboxylic acids is 1. The quantitative estimate of drug-likeness (QED) is 0.532. The highest BCUT2D eigenvalue weighted by Crippen LogP contribution is 2.34. The Bertz CT molecular complexity index is 1110. The van der Waals surface area contributed by atoms with Crippen molar-refractivity contribution in [3.8, 4) is 11.5 Å². The third kappa shape index (κ3) is 4.81. The maximum atomic E-state index is 12.8. The Balaban J connectivity index is 1.14. The molecule has 3 aromatic rings. The SMILES string of the molecule is O=C(C(O)c1ccc2c(c1)OCO2)N1CCN(c2ccc(SNc3ccncn3)cc2)CC1. The van der Waals surface area contributed by atoms with Gasteiger partial charge in [0, 0.05) is 43.0 Å². The molecule has 0 aliphatic carbocycles. The molecule has 170 valence electrons. The summed E-state index contributed by atoms with van der Waals surface area (Å²) in [5.74, 6) is 1.64. The number of nitrogens with one attached hydrogen (secondary N) is 1. The van der Waals surface area contributed by atoms with Crippen molar-refractivity contribution in [1.82, 2.24) is 14.9 Å². The highest BCUT2D eigenvalue weighted by atomic mass is 32.2. The van der Waals surface area contributed by atoms with Crippen LogP contribution in [0.15, 0.2) is 66.0 Å². The third-order valence-corrected chi connectivity index (χ3v) is 6.41. The minimum absolute atomic E-state index is 0.156. The van der Waals surface area contributed by atoms with Gasteiger partial charge in [-0.15, -0.1) is 0 Å². The number of nitrogens with zero attached hydrogens (tertiary/aromatic N) is 4. The first kappa shape index (κ1) is 21.4. The van der Waals surface area contributed by atoms with E-state index in [1.54, 1.807) is 29.3 Å². The van der Waals surface area contributed by atoms with Crippen LogP contribution in [0.1, 0.15) is 11.7 Å². The number of benzene rings is 2. The summed E-state index contributed by atoms with van der Waals surface area (Å²) in [6, 6.07) is 15.1. The summed E-state index contributed by atoms with van der Waals surface area (Å²) in [6.45, 7) is 2.65. The summed E-state index contributed by atoms with van der Waals surface area (Å²) in [7, 11) is 0. The van der Waals surface area contributed by atoms with Crippen LogP contribution in [0.4, 0.5) is 11.5 Å². The van der Waals surface area contributed by atoms with Crippen LogP contribution >= 0.6 is 11.9 Å². The number of aliphatic hydroxyl groups is 1. The van der Waals surface area contributed by atoms with Gasteiger partial charge in [0.1, 0.15) is 12.1 Å². The molecule has 1 aromatic heterocycles. The van der Waals surface area contributed by atoms with Gasteiger partial charge >= 0.3 is 0 Å². The smallest absolute Gasteiger partial charge is 0.256 e. The molecule has 9 nitrogen and oxygen atoms in total. The van der Waals surface area contributed by atoms with Crippen LogP contribution in [-0.2, 0) is 4.79 Å². The molecule has 0 spiro atoms. The summed E-state index contributed by atoms with van der Waals surface area (Å²) in [6.07, 6.45) is 1.98. The summed E-state index contributed by atoms with van der Waals surface area (Å²) in [4.78, 5) is 25.9.